The van der Waals surface area contributed by atoms with Crippen LogP contribution in [0, 0.1) is 0 Å². The van der Waals surface area contributed by atoms with Gasteiger partial charge in [-0.05, 0) is 46.5 Å². The Labute approximate surface area is 138 Å². The van der Waals surface area contributed by atoms with Gasteiger partial charge in [0.1, 0.15) is 17.5 Å². The number of alkyl carbamates (subject to hydrolysis) is 1. The molecule has 0 atom stereocenters. The summed E-state index contributed by atoms with van der Waals surface area (Å²) in [4.78, 5) is 20.3. The fourth-order valence-electron chi connectivity index (χ4n) is 2.59. The molecule has 1 fully saturated rings. The highest BCUT2D eigenvalue weighted by atomic mass is 16.6. The molecular weight excluding hydrogens is 294 g/mol. The normalized spacial score (nSPS) is 21.6. The fourth-order valence-corrected chi connectivity index (χ4v) is 2.59. The fraction of sp³-hybridized carbons (Fsp3) is 0.706. The van der Waals surface area contributed by atoms with Gasteiger partial charge in [0.2, 0.25) is 5.88 Å². The van der Waals surface area contributed by atoms with Gasteiger partial charge in [0.25, 0.3) is 0 Å². The molecule has 6 heteroatoms. The lowest BCUT2D eigenvalue weighted by Crippen LogP contribution is -2.42. The van der Waals surface area contributed by atoms with E-state index in [2.05, 4.69) is 15.3 Å². The van der Waals surface area contributed by atoms with Crippen molar-refractivity contribution < 1.29 is 14.3 Å². The number of amides is 1. The molecule has 6 nitrogen and oxygen atoms in total. The Kier molecular flexibility index (Phi) is 5.80. The van der Waals surface area contributed by atoms with Crippen molar-refractivity contribution in [2.75, 3.05) is 0 Å². The molecule has 23 heavy (non-hydrogen) atoms. The Morgan fingerprint density at radius 3 is 2.61 bits per heavy atom. The molecule has 1 aromatic heterocycles. The Morgan fingerprint density at radius 2 is 2.00 bits per heavy atom. The Morgan fingerprint density at radius 1 is 1.30 bits per heavy atom. The highest BCUT2D eigenvalue weighted by molar-refractivity contribution is 5.68. The summed E-state index contributed by atoms with van der Waals surface area (Å²) in [5.74, 6) is 1.43. The highest BCUT2D eigenvalue weighted by Gasteiger charge is 2.25. The molecule has 1 aliphatic rings. The van der Waals surface area contributed by atoms with E-state index in [0.717, 1.165) is 37.9 Å². The number of aromatic nitrogens is 2. The zero-order chi connectivity index (χ0) is 16.9. The summed E-state index contributed by atoms with van der Waals surface area (Å²) in [5.41, 5.74) is -0.464. The average molecular weight is 321 g/mol. The quantitative estimate of drug-likeness (QED) is 0.921. The topological polar surface area (TPSA) is 73.3 Å². The van der Waals surface area contributed by atoms with Crippen LogP contribution < -0.4 is 10.1 Å². The van der Waals surface area contributed by atoms with Gasteiger partial charge in [0.05, 0.1) is 0 Å². The minimum Gasteiger partial charge on any atom is -0.474 e. The monoisotopic (exact) mass is 321 g/mol. The second kappa shape index (κ2) is 7.62. The predicted octanol–water partition coefficient (Wildman–Crippen LogP) is 3.25. The number of carbonyl (C=O) groups excluding carboxylic acids is 1. The highest BCUT2D eigenvalue weighted by Crippen LogP contribution is 2.23. The lowest BCUT2D eigenvalue weighted by atomic mass is 9.93. The van der Waals surface area contributed by atoms with Crippen molar-refractivity contribution in [3.63, 3.8) is 0 Å². The van der Waals surface area contributed by atoms with E-state index in [9.17, 15) is 4.79 Å². The minimum atomic E-state index is -0.464. The Balaban J connectivity index is 1.76. The van der Waals surface area contributed by atoms with Crippen molar-refractivity contribution in [2.45, 2.75) is 77.5 Å². The number of carbonyl (C=O) groups is 1. The van der Waals surface area contributed by atoms with Crippen LogP contribution in [0.3, 0.4) is 0 Å². The third-order valence-electron chi connectivity index (χ3n) is 3.68. The van der Waals surface area contributed by atoms with E-state index in [0.29, 0.717) is 5.88 Å². The maximum absolute atomic E-state index is 11.8. The smallest absolute Gasteiger partial charge is 0.407 e. The van der Waals surface area contributed by atoms with Gasteiger partial charge in [-0.2, -0.15) is 4.98 Å². The van der Waals surface area contributed by atoms with Gasteiger partial charge in [-0.25, -0.2) is 9.78 Å². The van der Waals surface area contributed by atoms with Crippen LogP contribution >= 0.6 is 0 Å². The second-order valence-corrected chi connectivity index (χ2v) is 6.90. The zero-order valence-corrected chi connectivity index (χ0v) is 14.5. The molecule has 0 radical (unpaired) electrons. The number of hydrogen-bond acceptors (Lipinski definition) is 5. The summed E-state index contributed by atoms with van der Waals surface area (Å²) in [5, 5.41) is 2.94. The third-order valence-corrected chi connectivity index (χ3v) is 3.68. The largest absolute Gasteiger partial charge is 0.474 e. The Bertz CT molecular complexity index is 520. The van der Waals surface area contributed by atoms with Crippen molar-refractivity contribution in [3.8, 4) is 5.88 Å². The van der Waals surface area contributed by atoms with Crippen LogP contribution in [0.5, 0.6) is 5.88 Å². The van der Waals surface area contributed by atoms with E-state index in [1.54, 1.807) is 12.3 Å². The molecule has 0 spiro atoms. The Hall–Kier alpha value is -1.85. The molecule has 1 saturated carbocycles. The molecule has 128 valence electrons. The predicted molar refractivity (Wildman–Crippen MR) is 87.5 cm³/mol. The van der Waals surface area contributed by atoms with Crippen molar-refractivity contribution in [1.82, 2.24) is 15.3 Å². The molecule has 1 heterocycles. The zero-order valence-electron chi connectivity index (χ0n) is 14.5. The van der Waals surface area contributed by atoms with Crippen LogP contribution in [-0.4, -0.2) is 33.8 Å². The molecule has 0 aromatic carbocycles. The van der Waals surface area contributed by atoms with Crippen LogP contribution in [0.15, 0.2) is 12.3 Å². The standard InChI is InChI=1S/C17H27N3O3/c1-5-14-18-11-10-15(20-14)22-13-8-6-12(7-9-13)19-16(21)23-17(2,3)4/h10-13H,5-9H2,1-4H3,(H,19,21). The first kappa shape index (κ1) is 17.5. The van der Waals surface area contributed by atoms with Gasteiger partial charge in [-0.15, -0.1) is 0 Å². The summed E-state index contributed by atoms with van der Waals surface area (Å²) in [6.45, 7) is 7.61. The lowest BCUT2D eigenvalue weighted by Gasteiger charge is -2.30. The van der Waals surface area contributed by atoms with Crippen molar-refractivity contribution in [2.24, 2.45) is 0 Å². The van der Waals surface area contributed by atoms with E-state index in [-0.39, 0.29) is 18.2 Å². The van der Waals surface area contributed by atoms with Crippen molar-refractivity contribution >= 4 is 6.09 Å². The average Bonchev–Trinajstić information content (AvgIpc) is 2.47. The maximum atomic E-state index is 11.8. The van der Waals surface area contributed by atoms with Gasteiger partial charge >= 0.3 is 6.09 Å². The molecule has 1 N–H and O–H groups in total. The number of nitrogens with zero attached hydrogens (tertiary/aromatic N) is 2. The van der Waals surface area contributed by atoms with E-state index in [1.165, 1.54) is 0 Å². The number of aryl methyl sites for hydroxylation is 1. The molecule has 1 amide bonds. The number of nitrogens with one attached hydrogen (secondary N) is 1. The first-order valence-electron chi connectivity index (χ1n) is 8.34. The molecule has 0 aliphatic heterocycles. The van der Waals surface area contributed by atoms with Gasteiger partial charge < -0.3 is 14.8 Å². The summed E-state index contributed by atoms with van der Waals surface area (Å²) in [7, 11) is 0. The summed E-state index contributed by atoms with van der Waals surface area (Å²) in [6.07, 6.45) is 5.89. The molecule has 1 aliphatic carbocycles. The van der Waals surface area contributed by atoms with Crippen LogP contribution in [0.1, 0.15) is 59.2 Å². The lowest BCUT2D eigenvalue weighted by molar-refractivity contribution is 0.0469. The van der Waals surface area contributed by atoms with Crippen molar-refractivity contribution in [3.05, 3.63) is 18.1 Å². The number of hydrogen-bond donors (Lipinski definition) is 1. The molecule has 0 unspecified atom stereocenters. The van der Waals surface area contributed by atoms with E-state index in [1.807, 2.05) is 27.7 Å². The maximum Gasteiger partial charge on any atom is 0.407 e. The molecule has 0 bridgehead atoms. The van der Waals surface area contributed by atoms with Crippen molar-refractivity contribution in [1.29, 1.82) is 0 Å². The minimum absolute atomic E-state index is 0.145. The first-order chi connectivity index (χ1) is 10.9. The second-order valence-electron chi connectivity index (χ2n) is 6.90. The van der Waals surface area contributed by atoms with Crippen LogP contribution in [-0.2, 0) is 11.2 Å². The van der Waals surface area contributed by atoms with Gasteiger partial charge in [-0.1, -0.05) is 6.92 Å². The van der Waals surface area contributed by atoms with E-state index >= 15 is 0 Å². The third kappa shape index (κ3) is 6.04. The first-order valence-corrected chi connectivity index (χ1v) is 8.34. The SMILES string of the molecule is CCc1nccc(OC2CCC(NC(=O)OC(C)(C)C)CC2)n1. The van der Waals surface area contributed by atoms with Gasteiger partial charge in [-0.3, -0.25) is 0 Å². The van der Waals surface area contributed by atoms with E-state index < -0.39 is 5.60 Å². The molecule has 1 aromatic rings. The number of rotatable bonds is 4. The molecule has 0 saturated heterocycles. The summed E-state index contributed by atoms with van der Waals surface area (Å²) >= 11 is 0. The summed E-state index contributed by atoms with van der Waals surface area (Å²) < 4.78 is 11.2. The van der Waals surface area contributed by atoms with E-state index in [4.69, 9.17) is 9.47 Å². The van der Waals surface area contributed by atoms with Gasteiger partial charge in [0, 0.05) is 24.7 Å². The summed E-state index contributed by atoms with van der Waals surface area (Å²) in [6, 6.07) is 1.95. The van der Waals surface area contributed by atoms with Crippen LogP contribution in [0.4, 0.5) is 4.79 Å². The number of ether oxygens (including phenoxy) is 2. The van der Waals surface area contributed by atoms with Crippen LogP contribution in [0.2, 0.25) is 0 Å². The van der Waals surface area contributed by atoms with Crippen LogP contribution in [0.25, 0.3) is 0 Å². The van der Waals surface area contributed by atoms with Gasteiger partial charge in [0.15, 0.2) is 0 Å². The molecule has 2 rings (SSSR count). The molecular formula is C17H27N3O3.